The van der Waals surface area contributed by atoms with Gasteiger partial charge in [-0.15, -0.1) is 0 Å². The smallest absolute Gasteiger partial charge is 0.213 e. The van der Waals surface area contributed by atoms with E-state index in [1.165, 1.54) is 0 Å². The van der Waals surface area contributed by atoms with Crippen LogP contribution in [0.15, 0.2) is 35.3 Å². The van der Waals surface area contributed by atoms with Crippen molar-refractivity contribution in [3.8, 4) is 0 Å². The molecule has 110 valence electrons. The second kappa shape index (κ2) is 6.71. The third-order valence-electron chi connectivity index (χ3n) is 2.91. The molecule has 1 heterocycles. The van der Waals surface area contributed by atoms with Crippen molar-refractivity contribution in [2.75, 3.05) is 18.8 Å². The minimum atomic E-state index is -3.28. The molecule has 0 saturated carbocycles. The summed E-state index contributed by atoms with van der Waals surface area (Å²) in [6.45, 7) is 3.40. The zero-order valence-corrected chi connectivity index (χ0v) is 12.3. The van der Waals surface area contributed by atoms with Crippen LogP contribution < -0.4 is 15.4 Å². The Balaban J connectivity index is 1.71. The number of guanidine groups is 1. The molecule has 0 radical (unpaired) electrons. The van der Waals surface area contributed by atoms with Crippen LogP contribution in [0, 0.1) is 0 Å². The van der Waals surface area contributed by atoms with Crippen LogP contribution in [0.25, 0.3) is 0 Å². The van der Waals surface area contributed by atoms with Gasteiger partial charge in [-0.2, -0.15) is 0 Å². The molecule has 2 rings (SSSR count). The number of nitrogens with one attached hydrogen (secondary N) is 3. The number of nitrogens with zero attached hydrogens (tertiary/aromatic N) is 1. The molecule has 0 fully saturated rings. The Hall–Kier alpha value is -1.60. The fourth-order valence-electron chi connectivity index (χ4n) is 1.82. The zero-order chi connectivity index (χ0) is 14.4. The summed E-state index contributed by atoms with van der Waals surface area (Å²) in [5, 5.41) is 6.11. The SMILES string of the molecule is CC1CN=C(NCCS(=O)(=O)NCc2ccccc2)N1. The molecule has 0 spiro atoms. The van der Waals surface area contributed by atoms with Crippen LogP contribution in [0.4, 0.5) is 0 Å². The highest BCUT2D eigenvalue weighted by molar-refractivity contribution is 7.89. The number of hydrogen-bond donors (Lipinski definition) is 3. The molecule has 1 aliphatic heterocycles. The van der Waals surface area contributed by atoms with Crippen molar-refractivity contribution in [2.24, 2.45) is 4.99 Å². The van der Waals surface area contributed by atoms with E-state index >= 15 is 0 Å². The Bertz CT molecular complexity index is 557. The maximum Gasteiger partial charge on any atom is 0.213 e. The third-order valence-corrected chi connectivity index (χ3v) is 4.23. The van der Waals surface area contributed by atoms with E-state index in [1.807, 2.05) is 37.3 Å². The lowest BCUT2D eigenvalue weighted by atomic mass is 10.2. The van der Waals surface area contributed by atoms with Crippen molar-refractivity contribution in [3.63, 3.8) is 0 Å². The summed E-state index contributed by atoms with van der Waals surface area (Å²) < 4.78 is 26.2. The topological polar surface area (TPSA) is 82.6 Å². The van der Waals surface area contributed by atoms with Gasteiger partial charge in [0.1, 0.15) is 0 Å². The predicted molar refractivity (Wildman–Crippen MR) is 80.0 cm³/mol. The zero-order valence-electron chi connectivity index (χ0n) is 11.5. The quantitative estimate of drug-likeness (QED) is 0.692. The van der Waals surface area contributed by atoms with Gasteiger partial charge in [0.15, 0.2) is 5.96 Å². The van der Waals surface area contributed by atoms with Crippen molar-refractivity contribution in [1.82, 2.24) is 15.4 Å². The second-order valence-corrected chi connectivity index (χ2v) is 6.71. The summed E-state index contributed by atoms with van der Waals surface area (Å²) in [5.74, 6) is 0.699. The van der Waals surface area contributed by atoms with Crippen molar-refractivity contribution < 1.29 is 8.42 Å². The molecule has 1 aliphatic rings. The van der Waals surface area contributed by atoms with Crippen molar-refractivity contribution in [2.45, 2.75) is 19.5 Å². The van der Waals surface area contributed by atoms with Gasteiger partial charge in [0, 0.05) is 19.1 Å². The van der Waals surface area contributed by atoms with Crippen LogP contribution in [0.3, 0.4) is 0 Å². The minimum Gasteiger partial charge on any atom is -0.355 e. The molecular weight excluding hydrogens is 276 g/mol. The van der Waals surface area contributed by atoms with Crippen LogP contribution in [0.5, 0.6) is 0 Å². The monoisotopic (exact) mass is 296 g/mol. The lowest BCUT2D eigenvalue weighted by Crippen LogP contribution is -2.40. The maximum atomic E-state index is 11.8. The van der Waals surface area contributed by atoms with E-state index in [2.05, 4.69) is 20.3 Å². The van der Waals surface area contributed by atoms with Crippen molar-refractivity contribution in [3.05, 3.63) is 35.9 Å². The van der Waals surface area contributed by atoms with Gasteiger partial charge in [-0.05, 0) is 12.5 Å². The van der Waals surface area contributed by atoms with Crippen molar-refractivity contribution >= 4 is 16.0 Å². The van der Waals surface area contributed by atoms with E-state index in [1.54, 1.807) is 0 Å². The van der Waals surface area contributed by atoms with Gasteiger partial charge in [-0.3, -0.25) is 4.99 Å². The Morgan fingerprint density at radius 1 is 1.35 bits per heavy atom. The van der Waals surface area contributed by atoms with Crippen LogP contribution >= 0.6 is 0 Å². The van der Waals surface area contributed by atoms with E-state index in [0.717, 1.165) is 12.1 Å². The summed E-state index contributed by atoms with van der Waals surface area (Å²) in [7, 11) is -3.28. The van der Waals surface area contributed by atoms with Gasteiger partial charge in [-0.25, -0.2) is 13.1 Å². The van der Waals surface area contributed by atoms with E-state index in [-0.39, 0.29) is 5.75 Å². The summed E-state index contributed by atoms with van der Waals surface area (Å²) in [6, 6.07) is 9.76. The molecule has 20 heavy (non-hydrogen) atoms. The van der Waals surface area contributed by atoms with Crippen LogP contribution in [0.2, 0.25) is 0 Å². The number of aliphatic imine (C=N–C) groups is 1. The molecule has 1 atom stereocenters. The third kappa shape index (κ3) is 4.82. The molecule has 0 amide bonds. The molecule has 6 nitrogen and oxygen atoms in total. The highest BCUT2D eigenvalue weighted by Crippen LogP contribution is 1.98. The van der Waals surface area contributed by atoms with E-state index in [9.17, 15) is 8.42 Å². The maximum absolute atomic E-state index is 11.8. The van der Waals surface area contributed by atoms with Crippen molar-refractivity contribution in [1.29, 1.82) is 0 Å². The molecule has 7 heteroatoms. The molecule has 0 aromatic heterocycles. The Morgan fingerprint density at radius 2 is 2.10 bits per heavy atom. The standard InChI is InChI=1S/C13H20N4O2S/c1-11-9-15-13(17-11)14-7-8-20(18,19)16-10-12-5-3-2-4-6-12/h2-6,11,16H,7-10H2,1H3,(H2,14,15,17). The summed E-state index contributed by atoms with van der Waals surface area (Å²) in [6.07, 6.45) is 0. The first kappa shape index (κ1) is 14.8. The highest BCUT2D eigenvalue weighted by atomic mass is 32.2. The molecule has 1 aromatic rings. The number of benzene rings is 1. The molecule has 0 saturated heterocycles. The molecule has 1 unspecified atom stereocenters. The summed E-state index contributed by atoms with van der Waals surface area (Å²) in [4.78, 5) is 4.21. The van der Waals surface area contributed by atoms with Crippen LogP contribution in [-0.4, -0.2) is 39.3 Å². The van der Waals surface area contributed by atoms with E-state index < -0.39 is 10.0 Å². The predicted octanol–water partition coefficient (Wildman–Crippen LogP) is 0.0433. The first-order valence-electron chi connectivity index (χ1n) is 6.61. The van der Waals surface area contributed by atoms with Crippen LogP contribution in [0.1, 0.15) is 12.5 Å². The molecule has 1 aromatic carbocycles. The number of sulfonamides is 1. The fraction of sp³-hybridized carbons (Fsp3) is 0.462. The first-order chi connectivity index (χ1) is 9.55. The lowest BCUT2D eigenvalue weighted by molar-refractivity contribution is 0.580. The van der Waals surface area contributed by atoms with Gasteiger partial charge in [-0.1, -0.05) is 30.3 Å². The van der Waals surface area contributed by atoms with E-state index in [4.69, 9.17) is 0 Å². The van der Waals surface area contributed by atoms with Gasteiger partial charge in [0.25, 0.3) is 0 Å². The van der Waals surface area contributed by atoms with E-state index in [0.29, 0.717) is 25.1 Å². The molecule has 0 bridgehead atoms. The summed E-state index contributed by atoms with van der Waals surface area (Å²) >= 11 is 0. The van der Waals surface area contributed by atoms with Crippen LogP contribution in [-0.2, 0) is 16.6 Å². The largest absolute Gasteiger partial charge is 0.355 e. The number of hydrogen-bond acceptors (Lipinski definition) is 5. The van der Waals surface area contributed by atoms with Gasteiger partial charge < -0.3 is 10.6 Å². The fourth-order valence-corrected chi connectivity index (χ4v) is 2.73. The van der Waals surface area contributed by atoms with Gasteiger partial charge in [0.2, 0.25) is 10.0 Å². The highest BCUT2D eigenvalue weighted by Gasteiger charge is 2.14. The minimum absolute atomic E-state index is 0.0227. The molecule has 0 aliphatic carbocycles. The van der Waals surface area contributed by atoms with Gasteiger partial charge >= 0.3 is 0 Å². The first-order valence-corrected chi connectivity index (χ1v) is 8.26. The Morgan fingerprint density at radius 3 is 2.75 bits per heavy atom. The normalized spacial score (nSPS) is 18.4. The Labute approximate surface area is 119 Å². The Kier molecular flexibility index (Phi) is 4.97. The molecule has 3 N–H and O–H groups in total. The average Bonchev–Trinajstić information content (AvgIpc) is 2.83. The number of rotatable bonds is 6. The van der Waals surface area contributed by atoms with Gasteiger partial charge in [0.05, 0.1) is 12.3 Å². The average molecular weight is 296 g/mol. The lowest BCUT2D eigenvalue weighted by Gasteiger charge is -2.10. The molecular formula is C13H20N4O2S. The second-order valence-electron chi connectivity index (χ2n) is 4.79. The summed E-state index contributed by atoms with van der Waals surface area (Å²) in [5.41, 5.74) is 0.944.